The third-order valence-corrected chi connectivity index (χ3v) is 3.65. The Balaban J connectivity index is 0.00000176. The molecule has 0 atom stereocenters. The van der Waals surface area contributed by atoms with Crippen LogP contribution < -0.4 is 22.5 Å². The second-order valence-electron chi connectivity index (χ2n) is 5.11. The second kappa shape index (κ2) is 6.07. The summed E-state index contributed by atoms with van der Waals surface area (Å²) in [5.41, 5.74) is 10.8. The zero-order valence-corrected chi connectivity index (χ0v) is 13.1. The number of nitrogens with zero attached hydrogens (tertiary/aromatic N) is 3. The number of nitrogens with two attached hydrogens (primary N) is 1. The predicted molar refractivity (Wildman–Crippen MR) is 81.3 cm³/mol. The number of hydrogen-bond donors (Lipinski definition) is 2. The van der Waals surface area contributed by atoms with Gasteiger partial charge in [0.1, 0.15) is 6.20 Å². The minimum Gasteiger partial charge on any atom is -1.00 e. The van der Waals surface area contributed by atoms with Crippen LogP contribution in [0.2, 0.25) is 0 Å². The minimum atomic E-state index is 0. The van der Waals surface area contributed by atoms with Crippen molar-refractivity contribution in [2.45, 2.75) is 6.92 Å². The number of oxime groups is 1. The first-order chi connectivity index (χ1) is 10.1. The molecule has 0 saturated heterocycles. The van der Waals surface area contributed by atoms with Crippen molar-refractivity contribution in [1.29, 1.82) is 0 Å². The van der Waals surface area contributed by atoms with E-state index in [0.717, 1.165) is 16.9 Å². The predicted octanol–water partition coefficient (Wildman–Crippen LogP) is -1.16. The van der Waals surface area contributed by atoms with Gasteiger partial charge in [-0.3, -0.25) is 0 Å². The summed E-state index contributed by atoms with van der Waals surface area (Å²) >= 11 is 0. The first-order valence-corrected chi connectivity index (χ1v) is 6.66. The third-order valence-electron chi connectivity index (χ3n) is 3.65. The van der Waals surface area contributed by atoms with Crippen molar-refractivity contribution in [1.82, 2.24) is 4.57 Å². The number of fused-ring (bicyclic) bond motifs is 1. The third kappa shape index (κ3) is 2.63. The van der Waals surface area contributed by atoms with Gasteiger partial charge in [0.05, 0.1) is 13.2 Å². The van der Waals surface area contributed by atoms with Gasteiger partial charge in [-0.05, 0) is 30.7 Å². The largest absolute Gasteiger partial charge is 1.00 e. The van der Waals surface area contributed by atoms with Gasteiger partial charge in [0.15, 0.2) is 11.5 Å². The molecule has 0 radical (unpaired) electrons. The lowest BCUT2D eigenvalue weighted by molar-refractivity contribution is -0.510. The van der Waals surface area contributed by atoms with Crippen LogP contribution in [0.4, 0.5) is 0 Å². The average molecular weight is 317 g/mol. The highest BCUT2D eigenvalue weighted by atomic mass is 35.5. The van der Waals surface area contributed by atoms with E-state index in [-0.39, 0.29) is 18.2 Å². The maximum Gasteiger partial charge on any atom is 0.286 e. The smallest absolute Gasteiger partial charge is 0.286 e. The van der Waals surface area contributed by atoms with Crippen LogP contribution >= 0.6 is 0 Å². The monoisotopic (exact) mass is 316 g/mol. The van der Waals surface area contributed by atoms with Crippen molar-refractivity contribution in [3.05, 3.63) is 59.9 Å². The highest BCUT2D eigenvalue weighted by Gasteiger charge is 2.15. The van der Waals surface area contributed by atoms with E-state index in [0.29, 0.717) is 5.56 Å². The zero-order chi connectivity index (χ0) is 15.0. The molecular weight excluding hydrogens is 300 g/mol. The van der Waals surface area contributed by atoms with E-state index in [1.807, 2.05) is 31.3 Å². The van der Waals surface area contributed by atoms with E-state index in [2.05, 4.69) is 45.6 Å². The second-order valence-corrected chi connectivity index (χ2v) is 5.11. The standard InChI is InChI=1S/C16H16N4O.ClH/c1-11-3-8-15-19(2)14(10-20(15)9-11)12-4-6-13(7-5-12)16(17)18-21;/h3-10H,1-2H3,(H2-,17,18,21);1H. The lowest BCUT2D eigenvalue weighted by Gasteiger charge is -2.00. The molecule has 2 aromatic heterocycles. The Hall–Kier alpha value is -2.53. The molecule has 0 unspecified atom stereocenters. The summed E-state index contributed by atoms with van der Waals surface area (Å²) in [6.07, 6.45) is 4.20. The van der Waals surface area contributed by atoms with Crippen molar-refractivity contribution < 1.29 is 22.0 Å². The van der Waals surface area contributed by atoms with Gasteiger partial charge in [-0.2, -0.15) is 0 Å². The number of benzene rings is 1. The molecule has 0 bridgehead atoms. The first-order valence-electron chi connectivity index (χ1n) is 6.66. The molecule has 3 aromatic rings. The van der Waals surface area contributed by atoms with Crippen molar-refractivity contribution >= 4 is 11.5 Å². The lowest BCUT2D eigenvalue weighted by Crippen LogP contribution is -3.00. The maximum atomic E-state index is 8.70. The number of pyridine rings is 1. The van der Waals surface area contributed by atoms with Crippen LogP contribution in [0, 0.1) is 6.92 Å². The van der Waals surface area contributed by atoms with Crippen LogP contribution in [0.3, 0.4) is 0 Å². The van der Waals surface area contributed by atoms with Gasteiger partial charge in [0, 0.05) is 17.2 Å². The van der Waals surface area contributed by atoms with E-state index in [9.17, 15) is 0 Å². The topological polar surface area (TPSA) is 67.6 Å². The van der Waals surface area contributed by atoms with Gasteiger partial charge >= 0.3 is 0 Å². The SMILES string of the molecule is Cc1ccc2n(C)c(-c3ccc(C(N)=NO)cc3)c[n+]2c1.[Cl-]. The Kier molecular flexibility index (Phi) is 4.37. The fraction of sp³-hybridized carbons (Fsp3) is 0.125. The van der Waals surface area contributed by atoms with Crippen LogP contribution in [0.5, 0.6) is 0 Å². The van der Waals surface area contributed by atoms with Crippen LogP contribution in [0.15, 0.2) is 53.9 Å². The molecule has 0 aliphatic carbocycles. The van der Waals surface area contributed by atoms with E-state index in [1.165, 1.54) is 5.56 Å². The lowest BCUT2D eigenvalue weighted by atomic mass is 10.1. The van der Waals surface area contributed by atoms with Gasteiger partial charge in [-0.1, -0.05) is 17.3 Å². The molecule has 0 fully saturated rings. The summed E-state index contributed by atoms with van der Waals surface area (Å²) in [6, 6.07) is 11.8. The molecular formula is C16H17ClN4O. The fourth-order valence-corrected chi connectivity index (χ4v) is 2.49. The molecule has 22 heavy (non-hydrogen) atoms. The average Bonchev–Trinajstić information content (AvgIpc) is 2.83. The molecule has 0 amide bonds. The maximum absolute atomic E-state index is 8.70. The molecule has 114 valence electrons. The van der Waals surface area contributed by atoms with Gasteiger partial charge in [-0.25, -0.2) is 8.97 Å². The quantitative estimate of drug-likeness (QED) is 0.206. The van der Waals surface area contributed by atoms with Crippen LogP contribution in [0.1, 0.15) is 11.1 Å². The van der Waals surface area contributed by atoms with Gasteiger partial charge in [-0.15, -0.1) is 0 Å². The Bertz CT molecular complexity index is 837. The molecule has 6 heteroatoms. The van der Waals surface area contributed by atoms with E-state index < -0.39 is 0 Å². The van der Waals surface area contributed by atoms with Crippen molar-refractivity contribution in [2.75, 3.05) is 0 Å². The number of aryl methyl sites for hydroxylation is 2. The molecule has 3 rings (SSSR count). The molecule has 0 aliphatic rings. The summed E-state index contributed by atoms with van der Waals surface area (Å²) < 4.78 is 4.25. The zero-order valence-electron chi connectivity index (χ0n) is 12.4. The van der Waals surface area contributed by atoms with Gasteiger partial charge in [0.25, 0.3) is 5.65 Å². The summed E-state index contributed by atoms with van der Waals surface area (Å²) in [6.45, 7) is 2.07. The number of rotatable bonds is 2. The van der Waals surface area contributed by atoms with Crippen LogP contribution in [0.25, 0.3) is 16.9 Å². The number of imidazole rings is 1. The van der Waals surface area contributed by atoms with Crippen molar-refractivity contribution in [2.24, 2.45) is 17.9 Å². The Morgan fingerprint density at radius 3 is 2.45 bits per heavy atom. The van der Waals surface area contributed by atoms with E-state index in [1.54, 1.807) is 0 Å². The summed E-state index contributed by atoms with van der Waals surface area (Å²) in [7, 11) is 2.04. The minimum absolute atomic E-state index is 0. The molecule has 3 N–H and O–H groups in total. The summed E-state index contributed by atoms with van der Waals surface area (Å²) in [4.78, 5) is 0. The number of amidine groups is 1. The van der Waals surface area contributed by atoms with E-state index >= 15 is 0 Å². The Morgan fingerprint density at radius 1 is 1.14 bits per heavy atom. The number of hydrogen-bond acceptors (Lipinski definition) is 2. The van der Waals surface area contributed by atoms with Crippen molar-refractivity contribution in [3.8, 4) is 11.3 Å². The Morgan fingerprint density at radius 2 is 1.82 bits per heavy atom. The Labute approximate surface area is 134 Å². The highest BCUT2D eigenvalue weighted by Crippen LogP contribution is 2.20. The summed E-state index contributed by atoms with van der Waals surface area (Å²) in [5.74, 6) is 0.114. The van der Waals surface area contributed by atoms with Gasteiger partial charge < -0.3 is 23.3 Å². The molecule has 0 saturated carbocycles. The molecule has 1 aromatic carbocycles. The fourth-order valence-electron chi connectivity index (χ4n) is 2.49. The van der Waals surface area contributed by atoms with Crippen LogP contribution in [-0.2, 0) is 7.05 Å². The molecule has 5 nitrogen and oxygen atoms in total. The van der Waals surface area contributed by atoms with E-state index in [4.69, 9.17) is 10.9 Å². The normalized spacial score (nSPS) is 11.5. The van der Waals surface area contributed by atoms with Crippen LogP contribution in [-0.4, -0.2) is 15.6 Å². The first kappa shape index (κ1) is 15.9. The van der Waals surface area contributed by atoms with Gasteiger partial charge in [0.2, 0.25) is 0 Å². The van der Waals surface area contributed by atoms with Crippen molar-refractivity contribution in [3.63, 3.8) is 0 Å². The summed E-state index contributed by atoms with van der Waals surface area (Å²) in [5, 5.41) is 11.7. The number of aromatic nitrogens is 2. The molecule has 0 aliphatic heterocycles. The molecule has 2 heterocycles. The highest BCUT2D eigenvalue weighted by molar-refractivity contribution is 5.97. The number of halogens is 1. The molecule has 0 spiro atoms.